The third kappa shape index (κ3) is 2.70. The van der Waals surface area contributed by atoms with Crippen LogP contribution in [0, 0.1) is 0 Å². The summed E-state index contributed by atoms with van der Waals surface area (Å²) in [5.41, 5.74) is 0.624. The smallest absolute Gasteiger partial charge is 0.339 e. The first-order valence-corrected chi connectivity index (χ1v) is 5.94. The monoisotopic (exact) mass is 234 g/mol. The lowest BCUT2D eigenvalue weighted by atomic mass is 10.1. The molecule has 1 aliphatic heterocycles. The maximum absolute atomic E-state index is 11.5. The zero-order valence-electron chi connectivity index (χ0n) is 10.3. The summed E-state index contributed by atoms with van der Waals surface area (Å²) < 4.78 is 7.03. The third-order valence-electron chi connectivity index (χ3n) is 2.95. The minimum Gasteiger partial charge on any atom is -0.462 e. The first-order chi connectivity index (χ1) is 8.20. The number of esters is 1. The fourth-order valence-electron chi connectivity index (χ4n) is 1.96. The molecule has 0 radical (unpaired) electrons. The second-order valence-corrected chi connectivity index (χ2v) is 4.25. The Morgan fingerprint density at radius 1 is 1.59 bits per heavy atom. The fourth-order valence-corrected chi connectivity index (χ4v) is 1.96. The molecule has 1 aromatic rings. The normalized spacial score (nSPS) is 19.4. The van der Waals surface area contributed by atoms with Gasteiger partial charge < -0.3 is 14.2 Å². The molecule has 2 heterocycles. The van der Waals surface area contributed by atoms with Crippen LogP contribution in [0.2, 0.25) is 0 Å². The van der Waals surface area contributed by atoms with Crippen molar-refractivity contribution >= 4 is 5.97 Å². The molecule has 0 bridgehead atoms. The van der Waals surface area contributed by atoms with Gasteiger partial charge in [-0.2, -0.15) is 0 Å². The first kappa shape index (κ1) is 11.8. The Morgan fingerprint density at radius 2 is 2.41 bits per heavy atom. The zero-order chi connectivity index (χ0) is 12.3. The van der Waals surface area contributed by atoms with Crippen LogP contribution < -0.4 is 0 Å². The Balaban J connectivity index is 2.08. The molecule has 1 atom stereocenters. The molecule has 0 aliphatic carbocycles. The molecule has 0 spiro atoms. The summed E-state index contributed by atoms with van der Waals surface area (Å²) in [6.45, 7) is 3.26. The first-order valence-electron chi connectivity index (χ1n) is 5.94. The van der Waals surface area contributed by atoms with Crippen LogP contribution in [0.3, 0.4) is 0 Å². The molecule has 4 nitrogen and oxygen atoms in total. The van der Waals surface area contributed by atoms with Crippen LogP contribution in [-0.4, -0.2) is 35.6 Å². The van der Waals surface area contributed by atoms with E-state index in [4.69, 9.17) is 4.74 Å². The number of hydrogen-bond donors (Lipinski definition) is 0. The number of carbonyl (C=O) groups excluding carboxylic acids is 1. The van der Waals surface area contributed by atoms with E-state index in [0.29, 0.717) is 18.2 Å². The summed E-state index contributed by atoms with van der Waals surface area (Å²) in [7, 11) is 2.06. The summed E-state index contributed by atoms with van der Waals surface area (Å²) in [6, 6.07) is 2.15. The average molecular weight is 234 g/mol. The summed E-state index contributed by atoms with van der Waals surface area (Å²) in [6.07, 6.45) is 9.09. The van der Waals surface area contributed by atoms with Crippen molar-refractivity contribution in [2.75, 3.05) is 20.2 Å². The maximum atomic E-state index is 11.5. The largest absolute Gasteiger partial charge is 0.462 e. The summed E-state index contributed by atoms with van der Waals surface area (Å²) in [5.74, 6) is -0.247. The van der Waals surface area contributed by atoms with E-state index in [2.05, 4.69) is 28.8 Å². The quantitative estimate of drug-likeness (QED) is 0.751. The van der Waals surface area contributed by atoms with Crippen LogP contribution >= 0.6 is 0 Å². The van der Waals surface area contributed by atoms with Gasteiger partial charge in [-0.25, -0.2) is 4.79 Å². The van der Waals surface area contributed by atoms with Crippen LogP contribution in [0.25, 0.3) is 0 Å². The Morgan fingerprint density at radius 3 is 3.06 bits per heavy atom. The van der Waals surface area contributed by atoms with Crippen LogP contribution in [0.4, 0.5) is 0 Å². The van der Waals surface area contributed by atoms with Crippen molar-refractivity contribution in [2.24, 2.45) is 0 Å². The van der Waals surface area contributed by atoms with Gasteiger partial charge in [0.15, 0.2) is 0 Å². The number of carbonyl (C=O) groups is 1. The van der Waals surface area contributed by atoms with E-state index in [1.54, 1.807) is 0 Å². The Labute approximate surface area is 101 Å². The van der Waals surface area contributed by atoms with E-state index in [-0.39, 0.29) is 5.97 Å². The molecule has 1 unspecified atom stereocenters. The number of allylic oxidation sites excluding steroid dienone is 1. The average Bonchev–Trinajstić information content (AvgIpc) is 2.80. The highest BCUT2D eigenvalue weighted by atomic mass is 16.5. The van der Waals surface area contributed by atoms with Gasteiger partial charge in [-0.15, -0.1) is 0 Å². The van der Waals surface area contributed by atoms with Crippen molar-refractivity contribution in [2.45, 2.75) is 19.4 Å². The lowest BCUT2D eigenvalue weighted by Crippen LogP contribution is -2.21. The maximum Gasteiger partial charge on any atom is 0.339 e. The molecular formula is C13H18N2O2. The predicted molar refractivity (Wildman–Crippen MR) is 65.8 cm³/mol. The van der Waals surface area contributed by atoms with E-state index in [0.717, 1.165) is 13.0 Å². The lowest BCUT2D eigenvalue weighted by Gasteiger charge is -2.25. The highest BCUT2D eigenvalue weighted by Crippen LogP contribution is 2.20. The van der Waals surface area contributed by atoms with E-state index in [1.807, 2.05) is 25.4 Å². The summed E-state index contributed by atoms with van der Waals surface area (Å²) in [5, 5.41) is 0. The van der Waals surface area contributed by atoms with E-state index < -0.39 is 0 Å². The second kappa shape index (κ2) is 5.08. The van der Waals surface area contributed by atoms with E-state index >= 15 is 0 Å². The lowest BCUT2D eigenvalue weighted by molar-refractivity contribution is 0.0526. The minimum absolute atomic E-state index is 0.247. The minimum atomic E-state index is -0.247. The van der Waals surface area contributed by atoms with Crippen molar-refractivity contribution in [3.05, 3.63) is 36.3 Å². The van der Waals surface area contributed by atoms with Gasteiger partial charge in [0.1, 0.15) is 0 Å². The van der Waals surface area contributed by atoms with Gasteiger partial charge in [-0.1, -0.05) is 0 Å². The van der Waals surface area contributed by atoms with Crippen molar-refractivity contribution in [3.8, 4) is 0 Å². The van der Waals surface area contributed by atoms with Crippen LogP contribution in [0.5, 0.6) is 0 Å². The van der Waals surface area contributed by atoms with Crippen LogP contribution in [-0.2, 0) is 4.74 Å². The molecule has 92 valence electrons. The number of rotatable bonds is 3. The van der Waals surface area contributed by atoms with Gasteiger partial charge in [0.05, 0.1) is 18.2 Å². The highest BCUT2D eigenvalue weighted by molar-refractivity contribution is 5.89. The van der Waals surface area contributed by atoms with Crippen molar-refractivity contribution in [1.29, 1.82) is 0 Å². The number of aromatic nitrogens is 1. The Bertz CT molecular complexity index is 423. The molecule has 0 saturated carbocycles. The van der Waals surface area contributed by atoms with Crippen LogP contribution in [0.15, 0.2) is 30.7 Å². The Kier molecular flexibility index (Phi) is 3.52. The van der Waals surface area contributed by atoms with Crippen molar-refractivity contribution in [1.82, 2.24) is 9.47 Å². The highest BCUT2D eigenvalue weighted by Gasteiger charge is 2.14. The zero-order valence-corrected chi connectivity index (χ0v) is 10.3. The van der Waals surface area contributed by atoms with Gasteiger partial charge in [-0.05, 0) is 31.7 Å². The molecule has 4 heteroatoms. The number of nitrogens with zero attached hydrogens (tertiary/aromatic N) is 2. The predicted octanol–water partition coefficient (Wildman–Crippen LogP) is 2.06. The summed E-state index contributed by atoms with van der Waals surface area (Å²) >= 11 is 0. The molecule has 2 rings (SSSR count). The molecule has 1 aliphatic rings. The van der Waals surface area contributed by atoms with Crippen LogP contribution in [0.1, 0.15) is 29.7 Å². The molecule has 17 heavy (non-hydrogen) atoms. The van der Waals surface area contributed by atoms with Gasteiger partial charge >= 0.3 is 5.97 Å². The number of ether oxygens (including phenoxy) is 1. The van der Waals surface area contributed by atoms with Crippen molar-refractivity contribution < 1.29 is 9.53 Å². The van der Waals surface area contributed by atoms with Gasteiger partial charge in [0.25, 0.3) is 0 Å². The van der Waals surface area contributed by atoms with E-state index in [9.17, 15) is 4.79 Å². The van der Waals surface area contributed by atoms with Gasteiger partial charge in [0, 0.05) is 26.0 Å². The number of hydrogen-bond acceptors (Lipinski definition) is 3. The second-order valence-electron chi connectivity index (χ2n) is 4.25. The topological polar surface area (TPSA) is 34.5 Å². The standard InChI is InChI=1S/C13H18N2O2/c1-3-17-13(16)11-4-9-15(10-11)12-5-7-14(2)8-6-12/h4-5,7,9-10,12H,3,6,8H2,1-2H3. The SMILES string of the molecule is CCOC(=O)c1ccn(C2C=CN(C)CC2)c1. The molecule has 0 amide bonds. The molecule has 0 aromatic carbocycles. The van der Waals surface area contributed by atoms with Gasteiger partial charge in [-0.3, -0.25) is 0 Å². The molecular weight excluding hydrogens is 216 g/mol. The van der Waals surface area contributed by atoms with Crippen molar-refractivity contribution in [3.63, 3.8) is 0 Å². The fraction of sp³-hybridized carbons (Fsp3) is 0.462. The Hall–Kier alpha value is -1.71. The third-order valence-corrected chi connectivity index (χ3v) is 2.95. The van der Waals surface area contributed by atoms with Gasteiger partial charge in [0.2, 0.25) is 0 Å². The molecule has 0 fully saturated rings. The molecule has 0 N–H and O–H groups in total. The molecule has 0 saturated heterocycles. The molecule has 1 aromatic heterocycles. The van der Waals surface area contributed by atoms with E-state index in [1.165, 1.54) is 0 Å². The summed E-state index contributed by atoms with van der Waals surface area (Å²) in [4.78, 5) is 13.7.